The molecule has 0 radical (unpaired) electrons. The van der Waals surface area contributed by atoms with E-state index in [0.29, 0.717) is 18.5 Å². The molecule has 0 fully saturated rings. The molecule has 1 aromatic carbocycles. The van der Waals surface area contributed by atoms with Crippen molar-refractivity contribution in [3.63, 3.8) is 0 Å². The summed E-state index contributed by atoms with van der Waals surface area (Å²) in [5.74, 6) is -2.16. The van der Waals surface area contributed by atoms with Crippen LogP contribution in [0.25, 0.3) is 0 Å². The summed E-state index contributed by atoms with van der Waals surface area (Å²) in [6.45, 7) is 3.37. The highest BCUT2D eigenvalue weighted by Crippen LogP contribution is 2.30. The lowest BCUT2D eigenvalue weighted by Crippen LogP contribution is -2.50. The Morgan fingerprint density at radius 3 is 2.15 bits per heavy atom. The summed E-state index contributed by atoms with van der Waals surface area (Å²) in [7, 11) is 0. The molecule has 1 N–H and O–H groups in total. The number of benzene rings is 1. The van der Waals surface area contributed by atoms with E-state index < -0.39 is 18.0 Å². The number of hydrogen-bond donors (Lipinski definition) is 1. The maximum Gasteiger partial charge on any atom is 0.340 e. The lowest BCUT2D eigenvalue weighted by molar-refractivity contribution is -0.156. The van der Waals surface area contributed by atoms with Crippen LogP contribution in [-0.2, 0) is 23.9 Å². The van der Waals surface area contributed by atoms with Crippen LogP contribution in [0, 0.1) is 0 Å². The largest absolute Gasteiger partial charge is 0.510 e. The number of esters is 2. The maximum atomic E-state index is 12.6. The first-order valence-corrected chi connectivity index (χ1v) is 8.64. The van der Waals surface area contributed by atoms with Crippen molar-refractivity contribution >= 4 is 23.4 Å². The van der Waals surface area contributed by atoms with Crippen molar-refractivity contribution < 1.29 is 29.0 Å². The molecule has 26 heavy (non-hydrogen) atoms. The van der Waals surface area contributed by atoms with Crippen LogP contribution < -0.4 is 4.90 Å². The smallest absolute Gasteiger partial charge is 0.340 e. The summed E-state index contributed by atoms with van der Waals surface area (Å²) < 4.78 is 10.1. The highest BCUT2D eigenvalue weighted by atomic mass is 16.6. The fourth-order valence-corrected chi connectivity index (χ4v) is 2.83. The van der Waals surface area contributed by atoms with Crippen LogP contribution in [0.4, 0.5) is 5.69 Å². The number of aliphatic hydroxyl groups is 1. The first-order valence-electron chi connectivity index (χ1n) is 8.64. The minimum absolute atomic E-state index is 0.0615. The van der Waals surface area contributed by atoms with Crippen LogP contribution in [0.3, 0.4) is 0 Å². The van der Waals surface area contributed by atoms with Crippen LogP contribution >= 0.6 is 0 Å². The zero-order valence-electron chi connectivity index (χ0n) is 14.9. The van der Waals surface area contributed by atoms with Crippen LogP contribution in [0.2, 0.25) is 0 Å². The third-order valence-corrected chi connectivity index (χ3v) is 3.91. The number of para-hydroxylation sites is 1. The van der Waals surface area contributed by atoms with Gasteiger partial charge < -0.3 is 19.5 Å². The second-order valence-corrected chi connectivity index (χ2v) is 5.68. The molecule has 0 atom stereocenters. The molecule has 0 saturated heterocycles. The zero-order chi connectivity index (χ0) is 19.1. The summed E-state index contributed by atoms with van der Waals surface area (Å²) in [6, 6.07) is 6.96. The summed E-state index contributed by atoms with van der Waals surface area (Å²) >= 11 is 0. The lowest BCUT2D eigenvalue weighted by atomic mass is 9.98. The van der Waals surface area contributed by atoms with Gasteiger partial charge >= 0.3 is 11.9 Å². The molecule has 0 aromatic heterocycles. The van der Waals surface area contributed by atoms with Crippen LogP contribution in [0.15, 0.2) is 41.8 Å². The van der Waals surface area contributed by atoms with Gasteiger partial charge in [0.05, 0.1) is 13.2 Å². The van der Waals surface area contributed by atoms with E-state index in [1.54, 1.807) is 44.2 Å². The van der Waals surface area contributed by atoms with Crippen molar-refractivity contribution in [3.8, 4) is 0 Å². The maximum absolute atomic E-state index is 12.6. The minimum atomic E-state index is -1.52. The molecule has 1 aliphatic carbocycles. The van der Waals surface area contributed by atoms with Gasteiger partial charge in [0.15, 0.2) is 5.78 Å². The van der Waals surface area contributed by atoms with E-state index in [1.807, 2.05) is 0 Å². The quantitative estimate of drug-likeness (QED) is 0.589. The number of anilines is 1. The van der Waals surface area contributed by atoms with Crippen molar-refractivity contribution in [1.29, 1.82) is 0 Å². The molecular weight excluding hydrogens is 338 g/mol. The number of hydrogen-bond acceptors (Lipinski definition) is 7. The molecule has 0 amide bonds. The predicted octanol–water partition coefficient (Wildman–Crippen LogP) is 2.51. The molecule has 140 valence electrons. The van der Waals surface area contributed by atoms with Gasteiger partial charge in [-0.15, -0.1) is 0 Å². The van der Waals surface area contributed by atoms with Gasteiger partial charge in [-0.3, -0.25) is 4.79 Å². The fraction of sp³-hybridized carbons (Fsp3) is 0.421. The molecule has 0 unspecified atom stereocenters. The molecule has 0 spiro atoms. The van der Waals surface area contributed by atoms with Crippen molar-refractivity contribution in [3.05, 3.63) is 41.8 Å². The van der Waals surface area contributed by atoms with Gasteiger partial charge in [-0.2, -0.15) is 0 Å². The molecule has 1 aliphatic rings. The Kier molecular flexibility index (Phi) is 6.77. The van der Waals surface area contributed by atoms with Crippen molar-refractivity contribution in [2.24, 2.45) is 0 Å². The van der Waals surface area contributed by atoms with Gasteiger partial charge in [0.2, 0.25) is 6.04 Å². The van der Waals surface area contributed by atoms with Gasteiger partial charge in [-0.25, -0.2) is 9.59 Å². The monoisotopic (exact) mass is 361 g/mol. The number of carbonyl (C=O) groups is 3. The Hall–Kier alpha value is -2.83. The molecule has 0 saturated carbocycles. The Morgan fingerprint density at radius 2 is 1.65 bits per heavy atom. The summed E-state index contributed by atoms with van der Waals surface area (Å²) in [6.07, 6.45) is 1.03. The highest BCUT2D eigenvalue weighted by Gasteiger charge is 2.41. The average molecular weight is 361 g/mol. The first-order chi connectivity index (χ1) is 12.5. The number of rotatable bonds is 7. The summed E-state index contributed by atoms with van der Waals surface area (Å²) in [5, 5.41) is 10.4. The van der Waals surface area contributed by atoms with E-state index in [-0.39, 0.29) is 36.9 Å². The second kappa shape index (κ2) is 9.03. The third kappa shape index (κ3) is 4.22. The van der Waals surface area contributed by atoms with Gasteiger partial charge in [0.1, 0.15) is 11.5 Å². The van der Waals surface area contributed by atoms with Gasteiger partial charge in [0, 0.05) is 18.5 Å². The normalized spacial score (nSPS) is 14.3. The lowest BCUT2D eigenvalue weighted by Gasteiger charge is -2.33. The number of ether oxygens (including phenoxy) is 2. The van der Waals surface area contributed by atoms with Gasteiger partial charge in [0.25, 0.3) is 0 Å². The predicted molar refractivity (Wildman–Crippen MR) is 94.5 cm³/mol. The van der Waals surface area contributed by atoms with Crippen molar-refractivity contribution in [2.75, 3.05) is 18.1 Å². The van der Waals surface area contributed by atoms with Crippen molar-refractivity contribution in [1.82, 2.24) is 0 Å². The molecule has 0 bridgehead atoms. The van der Waals surface area contributed by atoms with Crippen molar-refractivity contribution in [2.45, 2.75) is 39.2 Å². The zero-order valence-corrected chi connectivity index (χ0v) is 14.9. The van der Waals surface area contributed by atoms with E-state index in [2.05, 4.69) is 0 Å². The molecule has 0 aliphatic heterocycles. The van der Waals surface area contributed by atoms with Gasteiger partial charge in [-0.1, -0.05) is 18.2 Å². The number of Topliss-reactive ketones (excluding diaryl/α,β-unsaturated/α-hetero) is 1. The summed E-state index contributed by atoms with van der Waals surface area (Å²) in [5.41, 5.74) is 0.351. The summed E-state index contributed by atoms with van der Waals surface area (Å²) in [4.78, 5) is 38.9. The molecule has 2 rings (SSSR count). The standard InChI is InChI=1S/C19H23NO6/c1-3-25-18(23)17(19(24)26-4-2)20(13-9-6-5-7-10-13)16-14(21)11-8-12-15(16)22/h5-7,9-10,17,21H,3-4,8,11-12H2,1-2H3. The SMILES string of the molecule is CCOC(=O)C(C(=O)OCC)N(C1=C(O)CCCC1=O)c1ccccc1. The van der Waals surface area contributed by atoms with E-state index in [0.717, 1.165) is 0 Å². The molecule has 7 heteroatoms. The number of allylic oxidation sites excluding steroid dienone is 2. The fourth-order valence-electron chi connectivity index (χ4n) is 2.83. The number of aliphatic hydroxyl groups excluding tert-OH is 1. The molecule has 1 aromatic rings. The average Bonchev–Trinajstić information content (AvgIpc) is 2.61. The highest BCUT2D eigenvalue weighted by molar-refractivity contribution is 6.08. The van der Waals surface area contributed by atoms with E-state index in [1.165, 1.54) is 4.90 Å². The number of nitrogens with zero attached hydrogens (tertiary/aromatic N) is 1. The van der Waals surface area contributed by atoms with E-state index in [9.17, 15) is 19.5 Å². The number of ketones is 1. The first kappa shape index (κ1) is 19.5. The minimum Gasteiger partial charge on any atom is -0.510 e. The Morgan fingerprint density at radius 1 is 1.08 bits per heavy atom. The second-order valence-electron chi connectivity index (χ2n) is 5.68. The van der Waals surface area contributed by atoms with Gasteiger partial charge in [-0.05, 0) is 32.4 Å². The molecular formula is C19H23NO6. The third-order valence-electron chi connectivity index (χ3n) is 3.91. The molecule has 7 nitrogen and oxygen atoms in total. The Labute approximate surface area is 152 Å². The van der Waals surface area contributed by atoms with Crippen LogP contribution in [0.5, 0.6) is 0 Å². The topological polar surface area (TPSA) is 93.1 Å². The van der Waals surface area contributed by atoms with Crippen LogP contribution in [0.1, 0.15) is 33.1 Å². The van der Waals surface area contributed by atoms with E-state index in [4.69, 9.17) is 9.47 Å². The molecule has 0 heterocycles. The Balaban J connectivity index is 2.61. The number of carbonyl (C=O) groups excluding carboxylic acids is 3. The Bertz CT molecular complexity index is 679. The van der Waals surface area contributed by atoms with Crippen LogP contribution in [-0.4, -0.2) is 42.1 Å². The van der Waals surface area contributed by atoms with E-state index >= 15 is 0 Å².